The van der Waals surface area contributed by atoms with Crippen LogP contribution in [0.3, 0.4) is 0 Å². The predicted molar refractivity (Wildman–Crippen MR) is 88.6 cm³/mol. The van der Waals surface area contributed by atoms with Gasteiger partial charge < -0.3 is 15.0 Å². The van der Waals surface area contributed by atoms with Gasteiger partial charge in [0.2, 0.25) is 5.91 Å². The number of carbonyl (C=O) groups is 1. The van der Waals surface area contributed by atoms with E-state index in [0.717, 1.165) is 29.1 Å². The van der Waals surface area contributed by atoms with Gasteiger partial charge in [0.1, 0.15) is 11.6 Å². The fourth-order valence-corrected chi connectivity index (χ4v) is 2.53. The number of halogens is 4. The van der Waals surface area contributed by atoms with Crippen LogP contribution in [0, 0.1) is 5.82 Å². The first-order valence-corrected chi connectivity index (χ1v) is 7.66. The van der Waals surface area contributed by atoms with Crippen LogP contribution >= 0.6 is 0 Å². The highest BCUT2D eigenvalue weighted by atomic mass is 19.4. The molecule has 8 heteroatoms. The number of amides is 1. The molecular weight excluding hydrogens is 352 g/mol. The number of aromatic amines is 1. The monoisotopic (exact) mass is 366 g/mol. The van der Waals surface area contributed by atoms with Gasteiger partial charge in [0.25, 0.3) is 0 Å². The van der Waals surface area contributed by atoms with Crippen molar-refractivity contribution in [1.29, 1.82) is 0 Å². The summed E-state index contributed by atoms with van der Waals surface area (Å²) in [7, 11) is 0. The van der Waals surface area contributed by atoms with Crippen molar-refractivity contribution < 1.29 is 27.1 Å². The van der Waals surface area contributed by atoms with E-state index in [1.807, 2.05) is 24.3 Å². The van der Waals surface area contributed by atoms with Crippen LogP contribution in [-0.2, 0) is 11.2 Å². The number of aromatic nitrogens is 1. The van der Waals surface area contributed by atoms with Crippen molar-refractivity contribution >= 4 is 22.5 Å². The van der Waals surface area contributed by atoms with E-state index >= 15 is 0 Å². The molecule has 0 spiro atoms. The summed E-state index contributed by atoms with van der Waals surface area (Å²) in [6.45, 7) is -1.54. The largest absolute Gasteiger partial charge is 0.482 e. The van der Waals surface area contributed by atoms with Crippen LogP contribution in [0.15, 0.2) is 48.7 Å². The molecule has 0 aliphatic rings. The summed E-state index contributed by atoms with van der Waals surface area (Å²) in [4.78, 5) is 15.3. The Morgan fingerprint density at radius 1 is 1.15 bits per heavy atom. The van der Waals surface area contributed by atoms with Gasteiger partial charge in [0.05, 0.1) is 12.1 Å². The average molecular weight is 366 g/mol. The summed E-state index contributed by atoms with van der Waals surface area (Å²) < 4.78 is 55.0. The van der Waals surface area contributed by atoms with E-state index in [4.69, 9.17) is 0 Å². The quantitative estimate of drug-likeness (QED) is 0.657. The Hall–Kier alpha value is -3.03. The number of hydrogen-bond acceptors (Lipinski definition) is 2. The van der Waals surface area contributed by atoms with Crippen LogP contribution in [-0.4, -0.2) is 23.7 Å². The molecule has 2 N–H and O–H groups in total. The number of hydrogen-bond donors (Lipinski definition) is 2. The number of anilines is 1. The Morgan fingerprint density at radius 3 is 2.69 bits per heavy atom. The summed E-state index contributed by atoms with van der Waals surface area (Å²) in [5, 5.41) is 3.26. The minimum absolute atomic E-state index is 0.0285. The van der Waals surface area contributed by atoms with Gasteiger partial charge in [-0.25, -0.2) is 4.39 Å². The van der Waals surface area contributed by atoms with E-state index in [9.17, 15) is 22.4 Å². The zero-order chi connectivity index (χ0) is 18.7. The second kappa shape index (κ2) is 7.07. The lowest BCUT2D eigenvalue weighted by molar-refractivity contribution is -0.153. The molecular formula is C18H14F4N2O2. The van der Waals surface area contributed by atoms with Gasteiger partial charge in [-0.05, 0) is 23.8 Å². The van der Waals surface area contributed by atoms with Gasteiger partial charge in [-0.1, -0.05) is 18.2 Å². The second-order valence-corrected chi connectivity index (χ2v) is 5.63. The van der Waals surface area contributed by atoms with Crippen molar-refractivity contribution in [2.75, 3.05) is 11.9 Å². The van der Waals surface area contributed by atoms with Crippen LogP contribution in [0.2, 0.25) is 0 Å². The zero-order valence-electron chi connectivity index (χ0n) is 13.4. The van der Waals surface area contributed by atoms with E-state index < -0.39 is 24.5 Å². The molecule has 4 nitrogen and oxygen atoms in total. The lowest BCUT2D eigenvalue weighted by Gasteiger charge is -2.14. The maximum atomic E-state index is 13.4. The summed E-state index contributed by atoms with van der Waals surface area (Å²) >= 11 is 0. The molecule has 2 aromatic carbocycles. The Bertz CT molecular complexity index is 934. The minimum atomic E-state index is -4.54. The highest BCUT2D eigenvalue weighted by Crippen LogP contribution is 2.28. The lowest BCUT2D eigenvalue weighted by Crippen LogP contribution is -2.21. The van der Waals surface area contributed by atoms with Gasteiger partial charge in [-0.15, -0.1) is 0 Å². The number of para-hydroxylation sites is 1. The van der Waals surface area contributed by atoms with E-state index in [1.54, 1.807) is 6.20 Å². The van der Waals surface area contributed by atoms with Gasteiger partial charge in [0.15, 0.2) is 6.61 Å². The Balaban J connectivity index is 1.75. The molecule has 0 saturated heterocycles. The maximum absolute atomic E-state index is 13.4. The molecule has 1 heterocycles. The fraction of sp³-hybridized carbons (Fsp3) is 0.167. The number of alkyl halides is 3. The molecule has 1 aromatic heterocycles. The van der Waals surface area contributed by atoms with Crippen molar-refractivity contribution in [3.63, 3.8) is 0 Å². The van der Waals surface area contributed by atoms with E-state index in [-0.39, 0.29) is 17.9 Å². The molecule has 0 bridgehead atoms. The molecule has 0 aliphatic carbocycles. The van der Waals surface area contributed by atoms with E-state index in [1.165, 1.54) is 0 Å². The molecule has 26 heavy (non-hydrogen) atoms. The topological polar surface area (TPSA) is 54.1 Å². The van der Waals surface area contributed by atoms with Crippen LogP contribution in [0.4, 0.5) is 23.2 Å². The standard InChI is InChI=1S/C18H14F4N2O2/c19-12-5-6-16(26-10-18(20,21)22)15(8-12)24-17(25)7-11-9-23-14-4-2-1-3-13(11)14/h1-6,8-9,23H,7,10H2,(H,24,25). The Labute approximate surface area is 145 Å². The molecule has 136 valence electrons. The first-order chi connectivity index (χ1) is 12.3. The summed E-state index contributed by atoms with van der Waals surface area (Å²) in [5.74, 6) is -1.46. The highest BCUT2D eigenvalue weighted by molar-refractivity contribution is 5.96. The molecule has 0 saturated carbocycles. The van der Waals surface area contributed by atoms with Crippen molar-refractivity contribution in [3.05, 3.63) is 60.0 Å². The first-order valence-electron chi connectivity index (χ1n) is 7.66. The van der Waals surface area contributed by atoms with Crippen LogP contribution in [0.5, 0.6) is 5.75 Å². The minimum Gasteiger partial charge on any atom is -0.482 e. The molecule has 0 aliphatic heterocycles. The van der Waals surface area contributed by atoms with Crippen molar-refractivity contribution in [1.82, 2.24) is 4.98 Å². The maximum Gasteiger partial charge on any atom is 0.422 e. The average Bonchev–Trinajstić information content (AvgIpc) is 2.96. The molecule has 0 radical (unpaired) electrons. The summed E-state index contributed by atoms with van der Waals surface area (Å²) in [5.41, 5.74) is 1.42. The third kappa shape index (κ3) is 4.33. The van der Waals surface area contributed by atoms with Crippen LogP contribution < -0.4 is 10.1 Å². The SMILES string of the molecule is O=C(Cc1c[nH]c2ccccc12)Nc1cc(F)ccc1OCC(F)(F)F. The number of ether oxygens (including phenoxy) is 1. The number of rotatable bonds is 5. The predicted octanol–water partition coefficient (Wildman–Crippen LogP) is 4.43. The highest BCUT2D eigenvalue weighted by Gasteiger charge is 2.29. The number of nitrogens with one attached hydrogen (secondary N) is 2. The number of fused-ring (bicyclic) bond motifs is 1. The molecule has 3 aromatic rings. The zero-order valence-corrected chi connectivity index (χ0v) is 13.4. The van der Waals surface area contributed by atoms with Gasteiger partial charge in [-0.2, -0.15) is 13.2 Å². The number of carbonyl (C=O) groups excluding carboxylic acids is 1. The third-order valence-electron chi connectivity index (χ3n) is 3.63. The number of benzene rings is 2. The Morgan fingerprint density at radius 2 is 1.92 bits per heavy atom. The van der Waals surface area contributed by atoms with E-state index in [0.29, 0.717) is 5.56 Å². The molecule has 1 amide bonds. The van der Waals surface area contributed by atoms with Crippen LogP contribution in [0.25, 0.3) is 10.9 Å². The summed E-state index contributed by atoms with van der Waals surface area (Å²) in [6, 6.07) is 10.3. The molecule has 0 unspecified atom stereocenters. The lowest BCUT2D eigenvalue weighted by atomic mass is 10.1. The van der Waals surface area contributed by atoms with Gasteiger partial charge >= 0.3 is 6.18 Å². The summed E-state index contributed by atoms with van der Waals surface area (Å²) in [6.07, 6.45) is -2.89. The van der Waals surface area contributed by atoms with E-state index in [2.05, 4.69) is 15.0 Å². The molecule has 0 atom stereocenters. The van der Waals surface area contributed by atoms with Crippen molar-refractivity contribution in [3.8, 4) is 5.75 Å². The second-order valence-electron chi connectivity index (χ2n) is 5.63. The van der Waals surface area contributed by atoms with Crippen molar-refractivity contribution in [2.24, 2.45) is 0 Å². The fourth-order valence-electron chi connectivity index (χ4n) is 2.53. The smallest absolute Gasteiger partial charge is 0.422 e. The number of H-pyrrole nitrogens is 1. The normalized spacial score (nSPS) is 11.5. The van der Waals surface area contributed by atoms with Crippen molar-refractivity contribution in [2.45, 2.75) is 12.6 Å². The van der Waals surface area contributed by atoms with Gasteiger partial charge in [-0.3, -0.25) is 4.79 Å². The van der Waals surface area contributed by atoms with Gasteiger partial charge in [0, 0.05) is 23.2 Å². The third-order valence-corrected chi connectivity index (χ3v) is 3.63. The molecule has 0 fully saturated rings. The Kier molecular flexibility index (Phi) is 4.83. The molecule has 3 rings (SSSR count). The van der Waals surface area contributed by atoms with Crippen LogP contribution in [0.1, 0.15) is 5.56 Å². The first kappa shape index (κ1) is 17.8.